The molecule has 0 fully saturated rings. The van der Waals surface area contributed by atoms with Gasteiger partial charge in [0, 0.05) is 4.47 Å². The highest BCUT2D eigenvalue weighted by atomic mass is 79.9. The van der Waals surface area contributed by atoms with Gasteiger partial charge in [0.1, 0.15) is 16.7 Å². The van der Waals surface area contributed by atoms with Crippen molar-refractivity contribution in [3.8, 4) is 11.5 Å². The molecule has 76 valence electrons. The normalized spacial score (nSPS) is 10.0. The van der Waals surface area contributed by atoms with Crippen LogP contribution in [0.2, 0.25) is 5.15 Å². The van der Waals surface area contributed by atoms with E-state index in [1.54, 1.807) is 18.3 Å². The third kappa shape index (κ3) is 2.94. The first-order valence-corrected chi connectivity index (χ1v) is 5.46. The summed E-state index contributed by atoms with van der Waals surface area (Å²) in [6.45, 7) is 0. The van der Waals surface area contributed by atoms with E-state index in [-0.39, 0.29) is 0 Å². The van der Waals surface area contributed by atoms with E-state index in [2.05, 4.69) is 20.9 Å². The van der Waals surface area contributed by atoms with Gasteiger partial charge in [0.2, 0.25) is 0 Å². The van der Waals surface area contributed by atoms with Gasteiger partial charge in [-0.05, 0) is 30.3 Å². The van der Waals surface area contributed by atoms with Crippen molar-refractivity contribution in [2.24, 2.45) is 0 Å². The van der Waals surface area contributed by atoms with Gasteiger partial charge in [0.05, 0.1) is 6.20 Å². The van der Waals surface area contributed by atoms with Gasteiger partial charge in [-0.2, -0.15) is 0 Å². The summed E-state index contributed by atoms with van der Waals surface area (Å²) in [6, 6.07) is 11.1. The number of ether oxygens (including phenoxy) is 1. The smallest absolute Gasteiger partial charge is 0.145 e. The van der Waals surface area contributed by atoms with Crippen molar-refractivity contribution < 1.29 is 4.74 Å². The summed E-state index contributed by atoms with van der Waals surface area (Å²) in [5.74, 6) is 1.42. The van der Waals surface area contributed by atoms with Gasteiger partial charge in [-0.1, -0.05) is 33.6 Å². The van der Waals surface area contributed by atoms with E-state index in [1.807, 2.05) is 24.3 Å². The SMILES string of the molecule is Clc1ccc(Oc2cccc(Br)c2)cn1. The van der Waals surface area contributed by atoms with Gasteiger partial charge >= 0.3 is 0 Å². The van der Waals surface area contributed by atoms with Crippen LogP contribution in [0.3, 0.4) is 0 Å². The Morgan fingerprint density at radius 1 is 1.13 bits per heavy atom. The third-order valence-corrected chi connectivity index (χ3v) is 2.45. The number of aromatic nitrogens is 1. The fourth-order valence-corrected chi connectivity index (χ4v) is 1.58. The zero-order valence-corrected chi connectivity index (χ0v) is 9.99. The second-order valence-corrected chi connectivity index (χ2v) is 4.18. The van der Waals surface area contributed by atoms with E-state index < -0.39 is 0 Å². The summed E-state index contributed by atoms with van der Waals surface area (Å²) in [5, 5.41) is 0.455. The summed E-state index contributed by atoms with van der Waals surface area (Å²) in [7, 11) is 0. The van der Waals surface area contributed by atoms with Crippen LogP contribution in [-0.4, -0.2) is 4.98 Å². The molecule has 0 aliphatic heterocycles. The molecule has 2 aromatic rings. The number of benzene rings is 1. The lowest BCUT2D eigenvalue weighted by Gasteiger charge is -2.04. The highest BCUT2D eigenvalue weighted by molar-refractivity contribution is 9.10. The second kappa shape index (κ2) is 4.64. The third-order valence-electron chi connectivity index (χ3n) is 1.73. The van der Waals surface area contributed by atoms with Crippen molar-refractivity contribution in [3.63, 3.8) is 0 Å². The van der Waals surface area contributed by atoms with Crippen LogP contribution in [0.4, 0.5) is 0 Å². The minimum atomic E-state index is 0.455. The van der Waals surface area contributed by atoms with Gasteiger partial charge in [-0.25, -0.2) is 4.98 Å². The molecular weight excluding hydrogens is 277 g/mol. The number of rotatable bonds is 2. The largest absolute Gasteiger partial charge is 0.456 e. The van der Waals surface area contributed by atoms with Crippen LogP contribution >= 0.6 is 27.5 Å². The maximum Gasteiger partial charge on any atom is 0.145 e. The van der Waals surface area contributed by atoms with E-state index in [4.69, 9.17) is 16.3 Å². The van der Waals surface area contributed by atoms with Crippen molar-refractivity contribution in [2.45, 2.75) is 0 Å². The minimum absolute atomic E-state index is 0.455. The number of hydrogen-bond donors (Lipinski definition) is 0. The van der Waals surface area contributed by atoms with Gasteiger partial charge in [-0.3, -0.25) is 0 Å². The van der Waals surface area contributed by atoms with Crippen molar-refractivity contribution in [1.29, 1.82) is 0 Å². The second-order valence-electron chi connectivity index (χ2n) is 2.88. The highest BCUT2D eigenvalue weighted by Gasteiger charge is 1.98. The molecule has 2 nitrogen and oxygen atoms in total. The minimum Gasteiger partial charge on any atom is -0.456 e. The first-order valence-electron chi connectivity index (χ1n) is 4.29. The van der Waals surface area contributed by atoms with Crippen molar-refractivity contribution in [2.75, 3.05) is 0 Å². The summed E-state index contributed by atoms with van der Waals surface area (Å²) in [6.07, 6.45) is 1.59. The summed E-state index contributed by atoms with van der Waals surface area (Å²) in [4.78, 5) is 3.93. The monoisotopic (exact) mass is 283 g/mol. The van der Waals surface area contributed by atoms with Crippen LogP contribution in [-0.2, 0) is 0 Å². The molecule has 0 aliphatic rings. The molecule has 2 rings (SSSR count). The molecule has 0 amide bonds. The van der Waals surface area contributed by atoms with E-state index in [0.29, 0.717) is 10.9 Å². The first kappa shape index (κ1) is 10.5. The fraction of sp³-hybridized carbons (Fsp3) is 0. The zero-order valence-electron chi connectivity index (χ0n) is 7.65. The standard InChI is InChI=1S/C11H7BrClNO/c12-8-2-1-3-9(6-8)15-10-4-5-11(13)14-7-10/h1-7H. The summed E-state index contributed by atoms with van der Waals surface area (Å²) < 4.78 is 6.54. The Morgan fingerprint density at radius 2 is 2.00 bits per heavy atom. The Labute approximate surface area is 101 Å². The Kier molecular flexibility index (Phi) is 3.23. The molecule has 0 atom stereocenters. The Hall–Kier alpha value is -1.06. The maximum absolute atomic E-state index is 5.67. The fourth-order valence-electron chi connectivity index (χ4n) is 1.09. The molecular formula is C11H7BrClNO. The van der Waals surface area contributed by atoms with E-state index in [9.17, 15) is 0 Å². The number of nitrogens with zero attached hydrogens (tertiary/aromatic N) is 1. The van der Waals surface area contributed by atoms with E-state index in [1.165, 1.54) is 0 Å². The van der Waals surface area contributed by atoms with Crippen LogP contribution < -0.4 is 4.74 Å². The van der Waals surface area contributed by atoms with Gasteiger partial charge in [-0.15, -0.1) is 0 Å². The molecule has 1 heterocycles. The Bertz CT molecular complexity index is 458. The summed E-state index contributed by atoms with van der Waals surface area (Å²) in [5.41, 5.74) is 0. The molecule has 1 aromatic carbocycles. The topological polar surface area (TPSA) is 22.1 Å². The number of hydrogen-bond acceptors (Lipinski definition) is 2. The lowest BCUT2D eigenvalue weighted by Crippen LogP contribution is -1.84. The Morgan fingerprint density at radius 3 is 2.67 bits per heavy atom. The van der Waals surface area contributed by atoms with Crippen LogP contribution in [0.15, 0.2) is 47.1 Å². The Balaban J connectivity index is 2.18. The van der Waals surface area contributed by atoms with E-state index in [0.717, 1.165) is 10.2 Å². The van der Waals surface area contributed by atoms with Crippen LogP contribution in [0.25, 0.3) is 0 Å². The molecule has 4 heteroatoms. The lowest BCUT2D eigenvalue weighted by atomic mass is 10.3. The predicted octanol–water partition coefficient (Wildman–Crippen LogP) is 4.29. The lowest BCUT2D eigenvalue weighted by molar-refractivity contribution is 0.480. The number of halogens is 2. The molecule has 0 unspecified atom stereocenters. The number of pyridine rings is 1. The zero-order chi connectivity index (χ0) is 10.7. The first-order chi connectivity index (χ1) is 7.24. The molecule has 0 aliphatic carbocycles. The average molecular weight is 285 g/mol. The van der Waals surface area contributed by atoms with Crippen LogP contribution in [0.5, 0.6) is 11.5 Å². The van der Waals surface area contributed by atoms with Gasteiger partial charge in [0.25, 0.3) is 0 Å². The quantitative estimate of drug-likeness (QED) is 0.768. The van der Waals surface area contributed by atoms with Gasteiger partial charge < -0.3 is 4.74 Å². The molecule has 0 spiro atoms. The molecule has 1 aromatic heterocycles. The van der Waals surface area contributed by atoms with Crippen molar-refractivity contribution in [1.82, 2.24) is 4.98 Å². The highest BCUT2D eigenvalue weighted by Crippen LogP contribution is 2.24. The molecule has 0 radical (unpaired) electrons. The summed E-state index contributed by atoms with van der Waals surface area (Å²) >= 11 is 9.04. The molecule has 15 heavy (non-hydrogen) atoms. The van der Waals surface area contributed by atoms with E-state index >= 15 is 0 Å². The van der Waals surface area contributed by atoms with Crippen molar-refractivity contribution in [3.05, 3.63) is 52.2 Å². The molecule has 0 saturated carbocycles. The molecule has 0 saturated heterocycles. The average Bonchev–Trinajstić information content (AvgIpc) is 2.22. The molecule has 0 N–H and O–H groups in total. The molecule has 0 bridgehead atoms. The van der Waals surface area contributed by atoms with Crippen LogP contribution in [0.1, 0.15) is 0 Å². The predicted molar refractivity (Wildman–Crippen MR) is 63.5 cm³/mol. The van der Waals surface area contributed by atoms with Crippen LogP contribution in [0, 0.1) is 0 Å². The maximum atomic E-state index is 5.67. The van der Waals surface area contributed by atoms with Gasteiger partial charge in [0.15, 0.2) is 0 Å². The van der Waals surface area contributed by atoms with Crippen molar-refractivity contribution >= 4 is 27.5 Å².